The molecule has 0 unspecified atom stereocenters. The molecule has 0 N–H and O–H groups in total. The van der Waals surface area contributed by atoms with Gasteiger partial charge in [0.05, 0.1) is 24.4 Å². The van der Waals surface area contributed by atoms with E-state index in [1.54, 1.807) is 24.2 Å². The zero-order chi connectivity index (χ0) is 25.0. The molecule has 36 heavy (non-hydrogen) atoms. The third-order valence-electron chi connectivity index (χ3n) is 7.22. The van der Waals surface area contributed by atoms with Crippen molar-refractivity contribution in [3.63, 3.8) is 0 Å². The fourth-order valence-corrected chi connectivity index (χ4v) is 5.14. The van der Waals surface area contributed by atoms with Gasteiger partial charge in [-0.15, -0.1) is 0 Å². The van der Waals surface area contributed by atoms with Crippen molar-refractivity contribution < 1.29 is 14.3 Å². The summed E-state index contributed by atoms with van der Waals surface area (Å²) >= 11 is 0. The lowest BCUT2D eigenvalue weighted by Gasteiger charge is -2.37. The topological polar surface area (TPSA) is 91.6 Å². The van der Waals surface area contributed by atoms with Crippen molar-refractivity contribution in [2.24, 2.45) is 0 Å². The lowest BCUT2D eigenvalue weighted by Crippen LogP contribution is -2.47. The fourth-order valence-electron chi connectivity index (χ4n) is 5.14. The Labute approximate surface area is 211 Å². The van der Waals surface area contributed by atoms with Gasteiger partial charge in [-0.2, -0.15) is 5.26 Å². The van der Waals surface area contributed by atoms with Crippen LogP contribution in [0.5, 0.6) is 5.75 Å². The molecule has 5 rings (SSSR count). The first-order valence-electron chi connectivity index (χ1n) is 12.3. The van der Waals surface area contributed by atoms with Crippen LogP contribution >= 0.6 is 0 Å². The van der Waals surface area contributed by atoms with E-state index < -0.39 is 11.6 Å². The average Bonchev–Trinajstić information content (AvgIpc) is 3.45. The minimum atomic E-state index is -0.603. The lowest BCUT2D eigenvalue weighted by molar-refractivity contribution is 0.0976. The molecule has 8 nitrogen and oxygen atoms in total. The number of amides is 1. The summed E-state index contributed by atoms with van der Waals surface area (Å²) in [5, 5.41) is 9.22. The molecule has 0 radical (unpaired) electrons. The number of anilines is 1. The zero-order valence-electron chi connectivity index (χ0n) is 20.4. The van der Waals surface area contributed by atoms with Gasteiger partial charge in [0.2, 0.25) is 5.82 Å². The number of aromatic nitrogens is 2. The number of benzene rings is 2. The Morgan fingerprint density at radius 3 is 2.31 bits per heavy atom. The van der Waals surface area contributed by atoms with E-state index in [1.165, 1.54) is 5.69 Å². The Hall–Kier alpha value is -3.96. The monoisotopic (exact) mass is 483 g/mol. The Kier molecular flexibility index (Phi) is 6.83. The molecule has 0 spiro atoms. The number of rotatable bonds is 5. The normalized spacial score (nSPS) is 16.8. The minimum Gasteiger partial charge on any atom is -0.410 e. The second-order valence-electron chi connectivity index (χ2n) is 9.21. The Morgan fingerprint density at radius 2 is 1.67 bits per heavy atom. The van der Waals surface area contributed by atoms with Crippen LogP contribution < -0.4 is 9.64 Å². The van der Waals surface area contributed by atoms with Gasteiger partial charge >= 0.3 is 6.09 Å². The van der Waals surface area contributed by atoms with E-state index in [9.17, 15) is 10.1 Å². The van der Waals surface area contributed by atoms with Crippen LogP contribution in [0.15, 0.2) is 60.8 Å². The third-order valence-corrected chi connectivity index (χ3v) is 7.22. The van der Waals surface area contributed by atoms with Crippen LogP contribution in [0.3, 0.4) is 0 Å². The van der Waals surface area contributed by atoms with Crippen LogP contribution in [-0.2, 0) is 10.3 Å². The molecule has 0 atom stereocenters. The first-order valence-corrected chi connectivity index (χ1v) is 12.3. The highest BCUT2D eigenvalue weighted by molar-refractivity contribution is 5.73. The number of ether oxygens (including phenoxy) is 2. The molecule has 2 aliphatic rings. The first-order chi connectivity index (χ1) is 17.6. The highest BCUT2D eigenvalue weighted by Gasteiger charge is 2.44. The molecule has 2 fully saturated rings. The number of nitriles is 1. The fraction of sp³-hybridized carbons (Fsp3) is 0.357. The Bertz CT molecular complexity index is 1240. The van der Waals surface area contributed by atoms with Gasteiger partial charge in [-0.25, -0.2) is 14.8 Å². The number of carbonyl (C=O) groups is 1. The number of hydrogen-bond donors (Lipinski definition) is 0. The number of nitrogens with zero attached hydrogens (tertiary/aromatic N) is 5. The van der Waals surface area contributed by atoms with Crippen LogP contribution in [0.4, 0.5) is 10.5 Å². The summed E-state index contributed by atoms with van der Waals surface area (Å²) in [6.07, 6.45) is 4.61. The largest absolute Gasteiger partial charge is 0.415 e. The Balaban J connectivity index is 1.28. The highest BCUT2D eigenvalue weighted by atomic mass is 16.6. The van der Waals surface area contributed by atoms with Crippen LogP contribution in [0, 0.1) is 11.3 Å². The zero-order valence-corrected chi connectivity index (χ0v) is 20.4. The van der Waals surface area contributed by atoms with Crippen molar-refractivity contribution in [3.05, 3.63) is 72.3 Å². The van der Waals surface area contributed by atoms with E-state index in [1.807, 2.05) is 30.3 Å². The lowest BCUT2D eigenvalue weighted by atomic mass is 9.91. The second-order valence-corrected chi connectivity index (χ2v) is 9.21. The predicted molar refractivity (Wildman–Crippen MR) is 136 cm³/mol. The van der Waals surface area contributed by atoms with E-state index in [2.05, 4.69) is 39.1 Å². The summed E-state index contributed by atoms with van der Waals surface area (Å²) in [4.78, 5) is 25.5. The maximum atomic E-state index is 13.2. The summed E-state index contributed by atoms with van der Waals surface area (Å²) in [6.45, 7) is 3.34. The van der Waals surface area contributed by atoms with E-state index in [4.69, 9.17) is 9.47 Å². The molecule has 1 amide bonds. The van der Waals surface area contributed by atoms with Crippen molar-refractivity contribution in [2.75, 3.05) is 38.3 Å². The number of hydrogen-bond acceptors (Lipinski definition) is 7. The molecule has 1 aromatic heterocycles. The summed E-state index contributed by atoms with van der Waals surface area (Å²) in [7, 11) is 1.74. The summed E-state index contributed by atoms with van der Waals surface area (Å²) in [6, 6.07) is 19.8. The molecular formula is C28H29N5O3. The van der Waals surface area contributed by atoms with E-state index in [-0.39, 0.29) is 5.82 Å². The van der Waals surface area contributed by atoms with Gasteiger partial charge in [0, 0.05) is 32.0 Å². The van der Waals surface area contributed by atoms with Gasteiger partial charge in [-0.3, -0.25) is 4.90 Å². The molecule has 184 valence electrons. The molecule has 2 heterocycles. The number of morpholine rings is 1. The van der Waals surface area contributed by atoms with Gasteiger partial charge in [0.1, 0.15) is 11.8 Å². The second kappa shape index (κ2) is 10.3. The molecule has 1 saturated carbocycles. The van der Waals surface area contributed by atoms with E-state index in [0.29, 0.717) is 11.4 Å². The van der Waals surface area contributed by atoms with E-state index >= 15 is 0 Å². The predicted octanol–water partition coefficient (Wildman–Crippen LogP) is 4.75. The van der Waals surface area contributed by atoms with Crippen LogP contribution in [-0.4, -0.2) is 54.3 Å². The van der Waals surface area contributed by atoms with E-state index in [0.717, 1.165) is 63.1 Å². The van der Waals surface area contributed by atoms with Crippen LogP contribution in [0.2, 0.25) is 0 Å². The van der Waals surface area contributed by atoms with Gasteiger partial charge in [0.15, 0.2) is 0 Å². The SMILES string of the molecule is CN(C(=O)Oc1ccc(-c2ccc(N3CCOCC3)cc2)cc1)C1(c2ccnc(C#N)n2)CCCC1. The standard InChI is InChI=1S/C28H29N5O3/c1-32(28(13-2-3-14-28)25-12-15-30-26(20-29)31-25)27(34)36-24-10-6-22(7-11-24)21-4-8-23(9-5-21)33-16-18-35-19-17-33/h4-12,15H,2-3,13-14,16-19H2,1H3. The number of carbonyl (C=O) groups excluding carboxylic acids is 1. The molecule has 1 aliphatic heterocycles. The maximum absolute atomic E-state index is 13.2. The average molecular weight is 484 g/mol. The van der Waals surface area contributed by atoms with Crippen molar-refractivity contribution >= 4 is 11.8 Å². The molecule has 1 aliphatic carbocycles. The third kappa shape index (κ3) is 4.75. The molecule has 1 saturated heterocycles. The first kappa shape index (κ1) is 23.8. The summed E-state index contributed by atoms with van der Waals surface area (Å²) in [5.74, 6) is 0.586. The van der Waals surface area contributed by atoms with Gasteiger partial charge in [-0.1, -0.05) is 37.1 Å². The van der Waals surface area contributed by atoms with Crippen LogP contribution in [0.25, 0.3) is 11.1 Å². The van der Waals surface area contributed by atoms with Crippen LogP contribution in [0.1, 0.15) is 37.2 Å². The summed E-state index contributed by atoms with van der Waals surface area (Å²) in [5.41, 5.74) is 3.43. The quantitative estimate of drug-likeness (QED) is 0.517. The molecule has 0 bridgehead atoms. The van der Waals surface area contributed by atoms with Crippen molar-refractivity contribution in [2.45, 2.75) is 31.2 Å². The smallest absolute Gasteiger partial charge is 0.410 e. The Morgan fingerprint density at radius 1 is 1.03 bits per heavy atom. The molecule has 3 aromatic rings. The minimum absolute atomic E-state index is 0.106. The molecule has 2 aromatic carbocycles. The summed E-state index contributed by atoms with van der Waals surface area (Å²) < 4.78 is 11.2. The highest BCUT2D eigenvalue weighted by Crippen LogP contribution is 2.42. The maximum Gasteiger partial charge on any atom is 0.415 e. The van der Waals surface area contributed by atoms with Gasteiger partial charge in [0.25, 0.3) is 0 Å². The van der Waals surface area contributed by atoms with Crippen molar-refractivity contribution in [3.8, 4) is 22.9 Å². The van der Waals surface area contributed by atoms with Crippen molar-refractivity contribution in [1.82, 2.24) is 14.9 Å². The van der Waals surface area contributed by atoms with Gasteiger partial charge in [-0.05, 0) is 54.3 Å². The molecular weight excluding hydrogens is 454 g/mol. The van der Waals surface area contributed by atoms with Gasteiger partial charge < -0.3 is 14.4 Å². The molecule has 8 heteroatoms. The van der Waals surface area contributed by atoms with Crippen molar-refractivity contribution in [1.29, 1.82) is 5.26 Å².